The van der Waals surface area contributed by atoms with Crippen LogP contribution in [-0.4, -0.2) is 46.8 Å². The number of hydrogen-bond acceptors (Lipinski definition) is 2. The number of carbonyl (C=O) groups excluding carboxylic acids is 1. The summed E-state index contributed by atoms with van der Waals surface area (Å²) in [7, 11) is 0. The lowest BCUT2D eigenvalue weighted by molar-refractivity contribution is -0.141. The van der Waals surface area contributed by atoms with E-state index in [-0.39, 0.29) is 12.2 Å². The van der Waals surface area contributed by atoms with Gasteiger partial charge in [-0.25, -0.2) is 0 Å². The molecule has 1 aromatic heterocycles. The molecule has 0 radical (unpaired) electrons. The minimum atomic E-state index is -4.47. The van der Waals surface area contributed by atoms with Crippen molar-refractivity contribution in [2.24, 2.45) is 0 Å². The molecule has 0 aliphatic heterocycles. The zero-order chi connectivity index (χ0) is 12.2. The van der Waals surface area contributed by atoms with Crippen molar-refractivity contribution in [3.05, 3.63) is 24.0 Å². The Morgan fingerprint density at radius 1 is 1.50 bits per heavy atom. The lowest BCUT2D eigenvalue weighted by Gasteiger charge is -2.22. The summed E-state index contributed by atoms with van der Waals surface area (Å²) < 4.78 is 36.4. The minimum Gasteiger partial charge on any atom is -0.395 e. The molecule has 0 saturated heterocycles. The highest BCUT2D eigenvalue weighted by Gasteiger charge is 2.33. The van der Waals surface area contributed by atoms with Crippen LogP contribution in [0.25, 0.3) is 0 Å². The lowest BCUT2D eigenvalue weighted by atomic mass is 10.3. The smallest absolute Gasteiger partial charge is 0.395 e. The van der Waals surface area contributed by atoms with Gasteiger partial charge in [0.15, 0.2) is 0 Å². The molecule has 0 spiro atoms. The van der Waals surface area contributed by atoms with Crippen LogP contribution in [0.15, 0.2) is 18.3 Å². The average Bonchev–Trinajstić information content (AvgIpc) is 2.66. The Morgan fingerprint density at radius 3 is 2.62 bits per heavy atom. The number of amides is 1. The van der Waals surface area contributed by atoms with E-state index >= 15 is 0 Å². The first-order chi connectivity index (χ1) is 7.44. The molecule has 4 nitrogen and oxygen atoms in total. The third-order valence-corrected chi connectivity index (χ3v) is 1.86. The first-order valence-electron chi connectivity index (χ1n) is 4.54. The fraction of sp³-hybridized carbons (Fsp3) is 0.444. The monoisotopic (exact) mass is 236 g/mol. The fourth-order valence-electron chi connectivity index (χ4n) is 1.22. The second kappa shape index (κ2) is 5.02. The summed E-state index contributed by atoms with van der Waals surface area (Å²) in [6.45, 7) is -2.23. The van der Waals surface area contributed by atoms with E-state index in [2.05, 4.69) is 4.98 Å². The van der Waals surface area contributed by atoms with E-state index in [1.807, 2.05) is 0 Å². The van der Waals surface area contributed by atoms with Crippen molar-refractivity contribution in [3.8, 4) is 0 Å². The number of halogens is 3. The van der Waals surface area contributed by atoms with Gasteiger partial charge in [0.2, 0.25) is 0 Å². The van der Waals surface area contributed by atoms with E-state index in [1.54, 1.807) is 0 Å². The quantitative estimate of drug-likeness (QED) is 0.819. The van der Waals surface area contributed by atoms with Gasteiger partial charge in [-0.05, 0) is 12.1 Å². The molecule has 0 unspecified atom stereocenters. The average molecular weight is 236 g/mol. The number of H-pyrrole nitrogens is 1. The largest absolute Gasteiger partial charge is 0.406 e. The van der Waals surface area contributed by atoms with Gasteiger partial charge in [0.05, 0.1) is 6.61 Å². The maximum Gasteiger partial charge on any atom is 0.406 e. The van der Waals surface area contributed by atoms with Gasteiger partial charge in [0.25, 0.3) is 5.91 Å². The molecular weight excluding hydrogens is 225 g/mol. The Kier molecular flexibility index (Phi) is 3.94. The molecule has 0 fully saturated rings. The topological polar surface area (TPSA) is 56.3 Å². The zero-order valence-corrected chi connectivity index (χ0v) is 8.29. The third-order valence-electron chi connectivity index (χ3n) is 1.86. The number of aromatic amines is 1. The number of nitrogens with one attached hydrogen (secondary N) is 1. The van der Waals surface area contributed by atoms with Gasteiger partial charge in [-0.15, -0.1) is 0 Å². The van der Waals surface area contributed by atoms with Crippen molar-refractivity contribution in [2.45, 2.75) is 6.18 Å². The van der Waals surface area contributed by atoms with Crippen molar-refractivity contribution in [3.63, 3.8) is 0 Å². The highest BCUT2D eigenvalue weighted by molar-refractivity contribution is 5.92. The molecule has 0 aliphatic carbocycles. The summed E-state index contributed by atoms with van der Waals surface area (Å²) in [5.41, 5.74) is 0.0673. The van der Waals surface area contributed by atoms with Gasteiger partial charge in [-0.1, -0.05) is 0 Å². The number of alkyl halides is 3. The second-order valence-corrected chi connectivity index (χ2v) is 3.15. The number of carbonyl (C=O) groups is 1. The van der Waals surface area contributed by atoms with E-state index in [0.29, 0.717) is 4.90 Å². The predicted molar refractivity (Wildman–Crippen MR) is 49.8 cm³/mol. The van der Waals surface area contributed by atoms with E-state index in [1.165, 1.54) is 18.3 Å². The van der Waals surface area contributed by atoms with Crippen LogP contribution in [0.2, 0.25) is 0 Å². The first-order valence-corrected chi connectivity index (χ1v) is 4.54. The molecule has 2 N–H and O–H groups in total. The van der Waals surface area contributed by atoms with Crippen molar-refractivity contribution in [1.82, 2.24) is 9.88 Å². The molecule has 0 saturated carbocycles. The molecule has 0 atom stereocenters. The highest BCUT2D eigenvalue weighted by Crippen LogP contribution is 2.17. The Morgan fingerprint density at radius 2 is 2.19 bits per heavy atom. The fourth-order valence-corrected chi connectivity index (χ4v) is 1.22. The number of aromatic nitrogens is 1. The minimum absolute atomic E-state index is 0.0673. The van der Waals surface area contributed by atoms with Crippen LogP contribution in [0.3, 0.4) is 0 Å². The highest BCUT2D eigenvalue weighted by atomic mass is 19.4. The number of nitrogens with zero attached hydrogens (tertiary/aromatic N) is 1. The molecule has 1 rings (SSSR count). The van der Waals surface area contributed by atoms with Crippen molar-refractivity contribution in [2.75, 3.05) is 19.7 Å². The first kappa shape index (κ1) is 12.6. The summed E-state index contributed by atoms with van der Waals surface area (Å²) in [6, 6.07) is 2.89. The Bertz CT molecular complexity index is 335. The molecular formula is C9H11F3N2O2. The maximum absolute atomic E-state index is 12.1. The molecule has 0 aromatic carbocycles. The molecule has 1 heterocycles. The number of rotatable bonds is 4. The third kappa shape index (κ3) is 3.58. The van der Waals surface area contributed by atoms with Crippen LogP contribution in [0.1, 0.15) is 10.5 Å². The maximum atomic E-state index is 12.1. The molecule has 90 valence electrons. The lowest BCUT2D eigenvalue weighted by Crippen LogP contribution is -2.40. The van der Waals surface area contributed by atoms with Crippen LogP contribution < -0.4 is 0 Å². The number of aliphatic hydroxyl groups excluding tert-OH is 1. The van der Waals surface area contributed by atoms with Gasteiger partial charge in [0.1, 0.15) is 12.2 Å². The summed E-state index contributed by atoms with van der Waals surface area (Å²) in [4.78, 5) is 14.6. The van der Waals surface area contributed by atoms with Crippen LogP contribution in [0.4, 0.5) is 13.2 Å². The van der Waals surface area contributed by atoms with E-state index in [0.717, 1.165) is 0 Å². The van der Waals surface area contributed by atoms with E-state index in [4.69, 9.17) is 5.11 Å². The van der Waals surface area contributed by atoms with Crippen LogP contribution in [0.5, 0.6) is 0 Å². The Balaban J connectivity index is 2.74. The zero-order valence-electron chi connectivity index (χ0n) is 8.29. The predicted octanol–water partition coefficient (Wildman–Crippen LogP) is 1.01. The second-order valence-electron chi connectivity index (χ2n) is 3.15. The van der Waals surface area contributed by atoms with Gasteiger partial charge in [0, 0.05) is 12.7 Å². The normalized spacial score (nSPS) is 11.5. The molecule has 16 heavy (non-hydrogen) atoms. The van der Waals surface area contributed by atoms with Gasteiger partial charge in [-0.3, -0.25) is 4.79 Å². The van der Waals surface area contributed by atoms with Crippen LogP contribution >= 0.6 is 0 Å². The number of hydrogen-bond donors (Lipinski definition) is 2. The summed E-state index contributed by atoms with van der Waals surface area (Å²) in [5, 5.41) is 8.61. The standard InChI is InChI=1S/C9H11F3N2O2/c10-9(11,12)6-14(4-5-15)8(16)7-2-1-3-13-7/h1-3,13,15H,4-6H2. The summed E-state index contributed by atoms with van der Waals surface area (Å²) in [5.74, 6) is -0.781. The Hall–Kier alpha value is -1.50. The van der Waals surface area contributed by atoms with Crippen molar-refractivity contribution >= 4 is 5.91 Å². The van der Waals surface area contributed by atoms with Crippen LogP contribution in [-0.2, 0) is 0 Å². The summed E-state index contributed by atoms with van der Waals surface area (Å²) >= 11 is 0. The van der Waals surface area contributed by atoms with E-state index < -0.39 is 25.2 Å². The van der Waals surface area contributed by atoms with Gasteiger partial charge < -0.3 is 15.0 Å². The van der Waals surface area contributed by atoms with Crippen molar-refractivity contribution in [1.29, 1.82) is 0 Å². The van der Waals surface area contributed by atoms with Crippen molar-refractivity contribution < 1.29 is 23.1 Å². The SMILES string of the molecule is O=C(c1ccc[nH]1)N(CCO)CC(F)(F)F. The number of aliphatic hydroxyl groups is 1. The molecule has 0 bridgehead atoms. The van der Waals surface area contributed by atoms with E-state index in [9.17, 15) is 18.0 Å². The summed E-state index contributed by atoms with van der Waals surface area (Å²) in [6.07, 6.45) is -3.03. The molecule has 0 aliphatic rings. The van der Waals surface area contributed by atoms with Gasteiger partial charge >= 0.3 is 6.18 Å². The molecule has 1 amide bonds. The van der Waals surface area contributed by atoms with Gasteiger partial charge in [-0.2, -0.15) is 13.2 Å². The van der Waals surface area contributed by atoms with Crippen LogP contribution in [0, 0.1) is 0 Å². The Labute approximate surface area is 89.7 Å². The molecule has 1 aromatic rings. The molecule has 7 heteroatoms.